The quantitative estimate of drug-likeness (QED) is 0.468. The maximum atomic E-state index is 8.64. The molecule has 0 spiro atoms. The molecule has 3 heteroatoms. The van der Waals surface area contributed by atoms with Crippen molar-refractivity contribution in [2.24, 2.45) is 5.73 Å². The van der Waals surface area contributed by atoms with E-state index in [9.17, 15) is 0 Å². The Morgan fingerprint density at radius 3 is 2.11 bits per heavy atom. The van der Waals surface area contributed by atoms with Crippen molar-refractivity contribution in [3.05, 3.63) is 0 Å². The van der Waals surface area contributed by atoms with Gasteiger partial charge in [0, 0.05) is 0 Å². The smallest absolute Gasteiger partial charge is 0.169 e. The normalized spacial score (nSPS) is 18.0. The number of nitrogens with two attached hydrogens (primary N) is 1. The van der Waals surface area contributed by atoms with Crippen LogP contribution in [0.1, 0.15) is 26.7 Å². The predicted octanol–water partition coefficient (Wildman–Crippen LogP) is -0.185. The van der Waals surface area contributed by atoms with Crippen molar-refractivity contribution in [2.45, 2.75) is 38.5 Å². The monoisotopic (exact) mass is 133 g/mol. The highest BCUT2D eigenvalue weighted by Gasteiger charge is 2.24. The van der Waals surface area contributed by atoms with Crippen LogP contribution >= 0.6 is 0 Å². The fourth-order valence-corrected chi connectivity index (χ4v) is 0.668. The van der Waals surface area contributed by atoms with Gasteiger partial charge in [-0.05, 0) is 13.3 Å². The summed E-state index contributed by atoms with van der Waals surface area (Å²) in [6, 6.07) is 0. The van der Waals surface area contributed by atoms with Crippen LogP contribution in [0, 0.1) is 0 Å². The molecule has 4 N–H and O–H groups in total. The Hall–Kier alpha value is -0.120. The number of aliphatic hydroxyl groups excluding tert-OH is 1. The Morgan fingerprint density at radius 1 is 1.56 bits per heavy atom. The lowest BCUT2D eigenvalue weighted by Gasteiger charge is -2.25. The van der Waals surface area contributed by atoms with Crippen LogP contribution in [0.25, 0.3) is 0 Å². The molecule has 0 aliphatic heterocycles. The van der Waals surface area contributed by atoms with Crippen molar-refractivity contribution in [1.82, 2.24) is 0 Å². The van der Waals surface area contributed by atoms with Gasteiger partial charge in [0.1, 0.15) is 0 Å². The first-order valence-corrected chi connectivity index (χ1v) is 3.15. The van der Waals surface area contributed by atoms with Crippen molar-refractivity contribution in [2.75, 3.05) is 0 Å². The molecule has 0 aliphatic rings. The third-order valence-corrected chi connectivity index (χ3v) is 1.38. The van der Waals surface area contributed by atoms with Crippen LogP contribution in [0.3, 0.4) is 0 Å². The second-order valence-electron chi connectivity index (χ2n) is 2.63. The van der Waals surface area contributed by atoms with Crippen LogP contribution < -0.4 is 5.73 Å². The minimum atomic E-state index is -1.41. The Labute approximate surface area is 55.5 Å². The summed E-state index contributed by atoms with van der Waals surface area (Å²) >= 11 is 0. The Morgan fingerprint density at radius 2 is 2.00 bits per heavy atom. The summed E-state index contributed by atoms with van der Waals surface area (Å²) in [6.07, 6.45) is 0.0902. The van der Waals surface area contributed by atoms with Crippen LogP contribution in [0.2, 0.25) is 0 Å². The summed E-state index contributed by atoms with van der Waals surface area (Å²) in [5, 5.41) is 17.3. The number of hydrogen-bond donors (Lipinski definition) is 3. The molecule has 0 bridgehead atoms. The zero-order chi connectivity index (χ0) is 7.49. The Balaban J connectivity index is 3.70. The second-order valence-corrected chi connectivity index (χ2v) is 2.63. The molecule has 0 amide bonds. The van der Waals surface area contributed by atoms with Crippen LogP contribution in [0.4, 0.5) is 0 Å². The lowest BCUT2D eigenvalue weighted by molar-refractivity contribution is -0.0929. The fourth-order valence-electron chi connectivity index (χ4n) is 0.668. The average Bonchev–Trinajstić information content (AvgIpc) is 1.65. The molecule has 0 aromatic rings. The topological polar surface area (TPSA) is 66.5 Å². The van der Waals surface area contributed by atoms with E-state index in [-0.39, 0.29) is 0 Å². The third kappa shape index (κ3) is 2.79. The highest BCUT2D eigenvalue weighted by atomic mass is 16.5. The summed E-state index contributed by atoms with van der Waals surface area (Å²) in [4.78, 5) is 0. The highest BCUT2D eigenvalue weighted by molar-refractivity contribution is 4.79. The van der Waals surface area contributed by atoms with Crippen LogP contribution in [0.15, 0.2) is 0 Å². The van der Waals surface area contributed by atoms with E-state index >= 15 is 0 Å². The average molecular weight is 133 g/mol. The van der Waals surface area contributed by atoms with Gasteiger partial charge in [0.15, 0.2) is 6.29 Å². The van der Waals surface area contributed by atoms with E-state index in [4.69, 9.17) is 15.9 Å². The van der Waals surface area contributed by atoms with E-state index in [1.54, 1.807) is 6.92 Å². The van der Waals surface area contributed by atoms with Gasteiger partial charge in [-0.1, -0.05) is 13.3 Å². The molecule has 0 aromatic carbocycles. The van der Waals surface area contributed by atoms with Crippen LogP contribution in [-0.4, -0.2) is 22.0 Å². The van der Waals surface area contributed by atoms with E-state index in [0.29, 0.717) is 6.42 Å². The van der Waals surface area contributed by atoms with Crippen molar-refractivity contribution in [1.29, 1.82) is 0 Å². The van der Waals surface area contributed by atoms with Crippen molar-refractivity contribution < 1.29 is 10.2 Å². The first kappa shape index (κ1) is 8.88. The van der Waals surface area contributed by atoms with Crippen molar-refractivity contribution >= 4 is 0 Å². The van der Waals surface area contributed by atoms with Gasteiger partial charge in [0.2, 0.25) is 0 Å². The van der Waals surface area contributed by atoms with Gasteiger partial charge in [0.05, 0.1) is 5.54 Å². The standard InChI is InChI=1S/C6H15NO2/c1-3-4-6(2,7)5(8)9/h5,8-9H,3-4,7H2,1-2H3. The van der Waals surface area contributed by atoms with E-state index in [2.05, 4.69) is 0 Å². The molecule has 0 heterocycles. The van der Waals surface area contributed by atoms with E-state index in [1.807, 2.05) is 6.92 Å². The highest BCUT2D eigenvalue weighted by Crippen LogP contribution is 2.10. The van der Waals surface area contributed by atoms with Gasteiger partial charge in [-0.2, -0.15) is 0 Å². The number of aliphatic hydroxyl groups is 2. The molecule has 0 saturated carbocycles. The summed E-state index contributed by atoms with van der Waals surface area (Å²) in [5.41, 5.74) is 4.63. The molecule has 0 rings (SSSR count). The van der Waals surface area contributed by atoms with Crippen LogP contribution in [0.5, 0.6) is 0 Å². The van der Waals surface area contributed by atoms with Gasteiger partial charge < -0.3 is 15.9 Å². The molecule has 1 atom stereocenters. The number of hydrogen-bond acceptors (Lipinski definition) is 3. The molecule has 0 fully saturated rings. The first-order valence-electron chi connectivity index (χ1n) is 3.15. The lowest BCUT2D eigenvalue weighted by atomic mass is 9.97. The minimum Gasteiger partial charge on any atom is -0.367 e. The summed E-state index contributed by atoms with van der Waals surface area (Å²) in [6.45, 7) is 3.58. The summed E-state index contributed by atoms with van der Waals surface area (Å²) in [7, 11) is 0. The van der Waals surface area contributed by atoms with Gasteiger partial charge >= 0.3 is 0 Å². The van der Waals surface area contributed by atoms with Crippen molar-refractivity contribution in [3.63, 3.8) is 0 Å². The Kier molecular flexibility index (Phi) is 3.11. The van der Waals surface area contributed by atoms with Crippen molar-refractivity contribution in [3.8, 4) is 0 Å². The fraction of sp³-hybridized carbons (Fsp3) is 1.00. The number of rotatable bonds is 3. The van der Waals surface area contributed by atoms with Crippen LogP contribution in [-0.2, 0) is 0 Å². The predicted molar refractivity (Wildman–Crippen MR) is 35.7 cm³/mol. The molecule has 3 nitrogen and oxygen atoms in total. The molecule has 56 valence electrons. The van der Waals surface area contributed by atoms with Gasteiger partial charge in [-0.25, -0.2) is 0 Å². The maximum Gasteiger partial charge on any atom is 0.169 e. The first-order chi connectivity index (χ1) is 4.00. The lowest BCUT2D eigenvalue weighted by Crippen LogP contribution is -2.47. The zero-order valence-electron chi connectivity index (χ0n) is 5.96. The van der Waals surface area contributed by atoms with Gasteiger partial charge in [0.25, 0.3) is 0 Å². The SMILES string of the molecule is CCCC(C)(N)C(O)O. The largest absolute Gasteiger partial charge is 0.367 e. The van der Waals surface area contributed by atoms with E-state index in [1.165, 1.54) is 0 Å². The van der Waals surface area contributed by atoms with Gasteiger partial charge in [-0.15, -0.1) is 0 Å². The Bertz CT molecular complexity index is 81.1. The molecule has 0 aromatic heterocycles. The third-order valence-electron chi connectivity index (χ3n) is 1.38. The minimum absolute atomic E-state index is 0.630. The zero-order valence-corrected chi connectivity index (χ0v) is 5.96. The molecule has 0 aliphatic carbocycles. The van der Waals surface area contributed by atoms with E-state index < -0.39 is 11.8 Å². The summed E-state index contributed by atoms with van der Waals surface area (Å²) in [5.74, 6) is 0. The second kappa shape index (κ2) is 3.15. The molecule has 0 radical (unpaired) electrons. The molecule has 0 saturated heterocycles. The molecule has 1 unspecified atom stereocenters. The molecular weight excluding hydrogens is 118 g/mol. The maximum absolute atomic E-state index is 8.64. The van der Waals surface area contributed by atoms with E-state index in [0.717, 1.165) is 6.42 Å². The molecular formula is C6H15NO2. The van der Waals surface area contributed by atoms with Gasteiger partial charge in [-0.3, -0.25) is 0 Å². The molecule has 9 heavy (non-hydrogen) atoms. The summed E-state index contributed by atoms with van der Waals surface area (Å²) < 4.78 is 0.